The molecule has 0 N–H and O–H groups in total. The third kappa shape index (κ3) is 5.27. The summed E-state index contributed by atoms with van der Waals surface area (Å²) in [5, 5.41) is 0. The number of hydrogen-bond donors (Lipinski definition) is 0. The van der Waals surface area contributed by atoms with E-state index < -0.39 is 11.7 Å². The fourth-order valence-electron chi connectivity index (χ4n) is 5.27. The third-order valence-corrected chi connectivity index (χ3v) is 7.04. The van der Waals surface area contributed by atoms with Crippen molar-refractivity contribution in [2.75, 3.05) is 45.8 Å². The Balaban J connectivity index is 1.23. The van der Waals surface area contributed by atoms with Gasteiger partial charge in [0.2, 0.25) is 11.8 Å². The van der Waals surface area contributed by atoms with Gasteiger partial charge in [0, 0.05) is 45.2 Å². The largest absolute Gasteiger partial charge is 0.416 e. The number of likely N-dealkylation sites (tertiary alicyclic amines) is 1. The highest BCUT2D eigenvalue weighted by atomic mass is 19.4. The van der Waals surface area contributed by atoms with Gasteiger partial charge in [-0.25, -0.2) is 0 Å². The van der Waals surface area contributed by atoms with E-state index in [-0.39, 0.29) is 23.7 Å². The van der Waals surface area contributed by atoms with Crippen LogP contribution in [0.5, 0.6) is 0 Å². The van der Waals surface area contributed by atoms with Crippen molar-refractivity contribution in [1.29, 1.82) is 0 Å². The molecule has 3 aliphatic rings. The van der Waals surface area contributed by atoms with Gasteiger partial charge in [-0.2, -0.15) is 13.2 Å². The van der Waals surface area contributed by atoms with Gasteiger partial charge >= 0.3 is 6.18 Å². The van der Waals surface area contributed by atoms with Gasteiger partial charge in [0.15, 0.2) is 0 Å². The maximum absolute atomic E-state index is 12.9. The molecule has 2 heterocycles. The minimum Gasteiger partial charge on any atom is -0.341 e. The zero-order chi connectivity index (χ0) is 23.0. The summed E-state index contributed by atoms with van der Waals surface area (Å²) in [5.74, 6) is 1.19. The average molecular weight is 452 g/mol. The molecule has 1 saturated carbocycles. The Morgan fingerprint density at radius 3 is 2.06 bits per heavy atom. The molecule has 0 radical (unpaired) electrons. The molecular weight excluding hydrogens is 419 g/mol. The molecule has 0 spiro atoms. The van der Waals surface area contributed by atoms with Crippen molar-refractivity contribution in [2.45, 2.75) is 38.8 Å². The van der Waals surface area contributed by atoms with Gasteiger partial charge in [-0.15, -0.1) is 0 Å². The molecule has 32 heavy (non-hydrogen) atoms. The van der Waals surface area contributed by atoms with Gasteiger partial charge in [0.1, 0.15) is 0 Å². The van der Waals surface area contributed by atoms with Crippen molar-refractivity contribution in [2.24, 2.45) is 17.8 Å². The smallest absolute Gasteiger partial charge is 0.341 e. The highest BCUT2D eigenvalue weighted by molar-refractivity contribution is 5.83. The lowest BCUT2D eigenvalue weighted by molar-refractivity contribution is -0.138. The van der Waals surface area contributed by atoms with Crippen LogP contribution in [-0.4, -0.2) is 72.3 Å². The standard InChI is InChI=1S/C24H32F3N3O2/c1-16-11-17(2)14-30(13-16)22(31)15-28-7-9-29(10-8-28)23(32)21-12-20(21)18-3-5-19(6-4-18)24(25,26)27/h3-6,16-17,20-21H,7-15H2,1-2H3. The predicted molar refractivity (Wildman–Crippen MR) is 115 cm³/mol. The summed E-state index contributed by atoms with van der Waals surface area (Å²) < 4.78 is 38.2. The number of piperazine rings is 1. The molecule has 2 saturated heterocycles. The Hall–Kier alpha value is -2.09. The van der Waals surface area contributed by atoms with Crippen molar-refractivity contribution in [3.8, 4) is 0 Å². The monoisotopic (exact) mass is 451 g/mol. The Morgan fingerprint density at radius 1 is 0.906 bits per heavy atom. The second-order valence-corrected chi connectivity index (χ2v) is 9.91. The molecule has 4 atom stereocenters. The lowest BCUT2D eigenvalue weighted by atomic mass is 9.92. The van der Waals surface area contributed by atoms with Crippen molar-refractivity contribution in [3.63, 3.8) is 0 Å². The SMILES string of the molecule is CC1CC(C)CN(C(=O)CN2CCN(C(=O)C3CC3c3ccc(C(F)(F)F)cc3)CC2)C1. The van der Waals surface area contributed by atoms with Gasteiger partial charge in [0.25, 0.3) is 0 Å². The minimum atomic E-state index is -4.34. The van der Waals surface area contributed by atoms with Crippen molar-refractivity contribution in [3.05, 3.63) is 35.4 Å². The number of halogens is 3. The summed E-state index contributed by atoms with van der Waals surface area (Å²) in [6, 6.07) is 5.17. The van der Waals surface area contributed by atoms with Gasteiger partial charge in [-0.3, -0.25) is 14.5 Å². The van der Waals surface area contributed by atoms with Gasteiger partial charge < -0.3 is 9.80 Å². The van der Waals surface area contributed by atoms with Crippen LogP contribution in [0.3, 0.4) is 0 Å². The highest BCUT2D eigenvalue weighted by Gasteiger charge is 2.46. The van der Waals surface area contributed by atoms with E-state index in [0.717, 1.165) is 30.8 Å². The van der Waals surface area contributed by atoms with Gasteiger partial charge in [-0.05, 0) is 48.3 Å². The topological polar surface area (TPSA) is 43.9 Å². The van der Waals surface area contributed by atoms with Crippen LogP contribution < -0.4 is 0 Å². The van der Waals surface area contributed by atoms with E-state index >= 15 is 0 Å². The number of carbonyl (C=O) groups excluding carboxylic acids is 2. The zero-order valence-corrected chi connectivity index (χ0v) is 18.8. The maximum Gasteiger partial charge on any atom is 0.416 e. The molecule has 8 heteroatoms. The fraction of sp³-hybridized carbons (Fsp3) is 0.667. The molecular formula is C24H32F3N3O2. The van der Waals surface area contributed by atoms with E-state index in [1.165, 1.54) is 18.6 Å². The molecule has 2 aliphatic heterocycles. The van der Waals surface area contributed by atoms with E-state index in [1.807, 2.05) is 9.80 Å². The van der Waals surface area contributed by atoms with E-state index in [4.69, 9.17) is 0 Å². The zero-order valence-electron chi connectivity index (χ0n) is 18.8. The number of benzene rings is 1. The van der Waals surface area contributed by atoms with Crippen LogP contribution in [-0.2, 0) is 15.8 Å². The van der Waals surface area contributed by atoms with Crippen LogP contribution in [0.2, 0.25) is 0 Å². The first kappa shape index (κ1) is 23.1. The van der Waals surface area contributed by atoms with Crippen LogP contribution in [0.4, 0.5) is 13.2 Å². The van der Waals surface area contributed by atoms with Crippen molar-refractivity contribution in [1.82, 2.24) is 14.7 Å². The minimum absolute atomic E-state index is 0.00692. The molecule has 4 unspecified atom stereocenters. The van der Waals surface area contributed by atoms with Crippen molar-refractivity contribution < 1.29 is 22.8 Å². The van der Waals surface area contributed by atoms with Crippen molar-refractivity contribution >= 4 is 11.8 Å². The normalized spacial score (nSPS) is 29.2. The molecule has 5 nitrogen and oxygen atoms in total. The lowest BCUT2D eigenvalue weighted by Crippen LogP contribution is -2.53. The molecule has 1 aliphatic carbocycles. The summed E-state index contributed by atoms with van der Waals surface area (Å²) in [6.45, 7) is 8.97. The Morgan fingerprint density at radius 2 is 1.50 bits per heavy atom. The van der Waals surface area contributed by atoms with Crippen LogP contribution in [0.25, 0.3) is 0 Å². The number of alkyl halides is 3. The predicted octanol–water partition coefficient (Wildman–Crippen LogP) is 3.46. The summed E-state index contributed by atoms with van der Waals surface area (Å²) in [6.07, 6.45) is -2.49. The molecule has 4 rings (SSSR count). The molecule has 1 aromatic rings. The molecule has 176 valence electrons. The number of piperidine rings is 1. The first-order valence-electron chi connectivity index (χ1n) is 11.6. The summed E-state index contributed by atoms with van der Waals surface area (Å²) in [7, 11) is 0. The quantitative estimate of drug-likeness (QED) is 0.704. The van der Waals surface area contributed by atoms with E-state index in [9.17, 15) is 22.8 Å². The number of rotatable bonds is 4. The fourth-order valence-corrected chi connectivity index (χ4v) is 5.27. The van der Waals surface area contributed by atoms with E-state index in [1.54, 1.807) is 0 Å². The second kappa shape index (κ2) is 9.04. The first-order valence-corrected chi connectivity index (χ1v) is 11.6. The summed E-state index contributed by atoms with van der Waals surface area (Å²) in [4.78, 5) is 31.5. The Bertz CT molecular complexity index is 824. The Kier molecular flexibility index (Phi) is 6.52. The van der Waals surface area contributed by atoms with Crippen LogP contribution >= 0.6 is 0 Å². The maximum atomic E-state index is 12.9. The molecule has 3 fully saturated rings. The molecule has 2 amide bonds. The van der Waals surface area contributed by atoms with Crippen LogP contribution in [0.15, 0.2) is 24.3 Å². The lowest BCUT2D eigenvalue weighted by Gasteiger charge is -2.38. The average Bonchev–Trinajstić information content (AvgIpc) is 3.53. The highest BCUT2D eigenvalue weighted by Crippen LogP contribution is 2.49. The van der Waals surface area contributed by atoms with E-state index in [2.05, 4.69) is 18.7 Å². The number of carbonyl (C=O) groups is 2. The molecule has 1 aromatic carbocycles. The third-order valence-electron chi connectivity index (χ3n) is 7.04. The van der Waals surface area contributed by atoms with Gasteiger partial charge in [-0.1, -0.05) is 26.0 Å². The second-order valence-electron chi connectivity index (χ2n) is 9.91. The molecule has 0 bridgehead atoms. The Labute approximate surface area is 187 Å². The number of hydrogen-bond acceptors (Lipinski definition) is 3. The van der Waals surface area contributed by atoms with Crippen LogP contribution in [0.1, 0.15) is 43.7 Å². The summed E-state index contributed by atoms with van der Waals surface area (Å²) >= 11 is 0. The van der Waals surface area contributed by atoms with Crippen LogP contribution in [0, 0.1) is 17.8 Å². The summed E-state index contributed by atoms with van der Waals surface area (Å²) in [5.41, 5.74) is 0.134. The molecule has 0 aromatic heterocycles. The van der Waals surface area contributed by atoms with E-state index in [0.29, 0.717) is 51.0 Å². The first-order chi connectivity index (χ1) is 15.1. The number of nitrogens with zero attached hydrogens (tertiary/aromatic N) is 3. The number of amides is 2. The van der Waals surface area contributed by atoms with Gasteiger partial charge in [0.05, 0.1) is 12.1 Å².